The van der Waals surface area contributed by atoms with E-state index in [1.165, 1.54) is 0 Å². The zero-order valence-corrected chi connectivity index (χ0v) is 12.2. The molecule has 0 fully saturated rings. The van der Waals surface area contributed by atoms with E-state index >= 15 is 0 Å². The van der Waals surface area contributed by atoms with Gasteiger partial charge in [-0.05, 0) is 36.8 Å². The van der Waals surface area contributed by atoms with Crippen LogP contribution < -0.4 is 0 Å². The third kappa shape index (κ3) is 2.09. The van der Waals surface area contributed by atoms with Crippen molar-refractivity contribution in [2.45, 2.75) is 13.0 Å². The van der Waals surface area contributed by atoms with Gasteiger partial charge in [-0.25, -0.2) is 4.68 Å². The first-order valence-corrected chi connectivity index (χ1v) is 7.24. The molecule has 0 aliphatic heterocycles. The van der Waals surface area contributed by atoms with Gasteiger partial charge in [-0.3, -0.25) is 0 Å². The number of aryl methyl sites for hydroxylation is 1. The zero-order chi connectivity index (χ0) is 14.9. The number of fused-ring (bicyclic) bond motifs is 1. The number of nitrogens with zero attached hydrogens (tertiary/aromatic N) is 3. The fourth-order valence-corrected chi connectivity index (χ4v) is 2.74. The van der Waals surface area contributed by atoms with Crippen molar-refractivity contribution in [1.29, 1.82) is 0 Å². The Kier molecular flexibility index (Phi) is 3.00. The fraction of sp³-hybridized carbons (Fsp3) is 0.111. The van der Waals surface area contributed by atoms with E-state index in [1.54, 1.807) is 0 Å². The van der Waals surface area contributed by atoms with Gasteiger partial charge < -0.3 is 4.42 Å². The summed E-state index contributed by atoms with van der Waals surface area (Å²) in [4.78, 5) is 0. The van der Waals surface area contributed by atoms with Crippen LogP contribution in [0, 0.1) is 6.92 Å². The minimum atomic E-state index is -0.123. The SMILES string of the molecule is Cc1ccc(C(c2ccccc2)n2nnc3ccccc32)o1. The molecular formula is C18H15N3O. The number of rotatable bonds is 3. The van der Waals surface area contributed by atoms with Gasteiger partial charge in [0.25, 0.3) is 0 Å². The number of para-hydroxylation sites is 1. The number of aromatic nitrogens is 3. The van der Waals surface area contributed by atoms with Crippen LogP contribution in [0.25, 0.3) is 11.0 Å². The van der Waals surface area contributed by atoms with Crippen LogP contribution in [0.2, 0.25) is 0 Å². The van der Waals surface area contributed by atoms with E-state index in [0.29, 0.717) is 0 Å². The number of hydrogen-bond donors (Lipinski definition) is 0. The van der Waals surface area contributed by atoms with E-state index in [-0.39, 0.29) is 6.04 Å². The molecule has 0 aliphatic rings. The molecule has 2 heterocycles. The summed E-state index contributed by atoms with van der Waals surface area (Å²) in [6.45, 7) is 1.95. The average Bonchev–Trinajstić information content (AvgIpc) is 3.16. The van der Waals surface area contributed by atoms with E-state index in [4.69, 9.17) is 4.42 Å². The summed E-state index contributed by atoms with van der Waals surface area (Å²) in [5, 5.41) is 8.63. The fourth-order valence-electron chi connectivity index (χ4n) is 2.74. The second kappa shape index (κ2) is 5.15. The van der Waals surface area contributed by atoms with Crippen molar-refractivity contribution in [2.75, 3.05) is 0 Å². The summed E-state index contributed by atoms with van der Waals surface area (Å²) in [7, 11) is 0. The van der Waals surface area contributed by atoms with Crippen LogP contribution in [0.3, 0.4) is 0 Å². The predicted molar refractivity (Wildman–Crippen MR) is 84.7 cm³/mol. The molecule has 22 heavy (non-hydrogen) atoms. The third-order valence-corrected chi connectivity index (χ3v) is 3.77. The average molecular weight is 289 g/mol. The Morgan fingerprint density at radius 1 is 0.909 bits per heavy atom. The van der Waals surface area contributed by atoms with Gasteiger partial charge in [0.2, 0.25) is 0 Å². The van der Waals surface area contributed by atoms with Crippen LogP contribution in [0.5, 0.6) is 0 Å². The Bertz CT molecular complexity index is 908. The highest BCUT2D eigenvalue weighted by molar-refractivity contribution is 5.74. The lowest BCUT2D eigenvalue weighted by molar-refractivity contribution is 0.426. The molecule has 0 amide bonds. The summed E-state index contributed by atoms with van der Waals surface area (Å²) in [6, 6.07) is 22.0. The molecule has 0 saturated carbocycles. The highest BCUT2D eigenvalue weighted by Crippen LogP contribution is 2.29. The van der Waals surface area contributed by atoms with Crippen molar-refractivity contribution >= 4 is 11.0 Å². The van der Waals surface area contributed by atoms with Gasteiger partial charge >= 0.3 is 0 Å². The monoisotopic (exact) mass is 289 g/mol. The minimum absolute atomic E-state index is 0.123. The molecule has 2 aromatic carbocycles. The van der Waals surface area contributed by atoms with Crippen LogP contribution >= 0.6 is 0 Å². The molecule has 0 aliphatic carbocycles. The Morgan fingerprint density at radius 2 is 1.68 bits per heavy atom. The van der Waals surface area contributed by atoms with Crippen molar-refractivity contribution < 1.29 is 4.42 Å². The first-order valence-electron chi connectivity index (χ1n) is 7.24. The normalized spacial score (nSPS) is 12.6. The highest BCUT2D eigenvalue weighted by Gasteiger charge is 2.22. The quantitative estimate of drug-likeness (QED) is 0.573. The summed E-state index contributed by atoms with van der Waals surface area (Å²) in [6.07, 6.45) is 0. The molecule has 4 heteroatoms. The summed E-state index contributed by atoms with van der Waals surface area (Å²) < 4.78 is 7.80. The Balaban J connectivity index is 1.94. The van der Waals surface area contributed by atoms with Crippen LogP contribution in [0.1, 0.15) is 23.1 Å². The van der Waals surface area contributed by atoms with Crippen molar-refractivity contribution in [1.82, 2.24) is 15.0 Å². The van der Waals surface area contributed by atoms with Crippen LogP contribution in [0.15, 0.2) is 71.1 Å². The topological polar surface area (TPSA) is 43.9 Å². The largest absolute Gasteiger partial charge is 0.464 e. The molecule has 1 unspecified atom stereocenters. The maximum absolute atomic E-state index is 5.88. The first kappa shape index (κ1) is 12.8. The van der Waals surface area contributed by atoms with Crippen LogP contribution in [0.4, 0.5) is 0 Å². The smallest absolute Gasteiger partial charge is 0.137 e. The standard InChI is InChI=1S/C18H15N3O/c1-13-11-12-17(22-13)18(14-7-3-2-4-8-14)21-16-10-6-5-9-15(16)19-20-21/h2-12,18H,1H3. The molecule has 0 N–H and O–H groups in total. The van der Waals surface area contributed by atoms with Crippen LogP contribution in [-0.2, 0) is 0 Å². The van der Waals surface area contributed by atoms with Gasteiger partial charge in [0, 0.05) is 0 Å². The Labute approximate surface area is 128 Å². The van der Waals surface area contributed by atoms with Crippen molar-refractivity contribution in [2.24, 2.45) is 0 Å². The van der Waals surface area contributed by atoms with E-state index in [2.05, 4.69) is 22.4 Å². The summed E-state index contributed by atoms with van der Waals surface area (Å²) >= 11 is 0. The molecule has 108 valence electrons. The molecule has 4 rings (SSSR count). The van der Waals surface area contributed by atoms with Crippen LogP contribution in [-0.4, -0.2) is 15.0 Å². The number of benzene rings is 2. The molecule has 0 radical (unpaired) electrons. The summed E-state index contributed by atoms with van der Waals surface area (Å²) in [5.41, 5.74) is 2.99. The van der Waals surface area contributed by atoms with E-state index in [9.17, 15) is 0 Å². The lowest BCUT2D eigenvalue weighted by Gasteiger charge is -2.16. The summed E-state index contributed by atoms with van der Waals surface area (Å²) in [5.74, 6) is 1.75. The first-order chi connectivity index (χ1) is 10.8. The van der Waals surface area contributed by atoms with Crippen molar-refractivity contribution in [3.05, 3.63) is 83.8 Å². The maximum Gasteiger partial charge on any atom is 0.137 e. The maximum atomic E-state index is 5.88. The van der Waals surface area contributed by atoms with Gasteiger partial charge in [0.15, 0.2) is 0 Å². The Morgan fingerprint density at radius 3 is 2.45 bits per heavy atom. The molecule has 4 nitrogen and oxygen atoms in total. The van der Waals surface area contributed by atoms with Gasteiger partial charge in [0.05, 0.1) is 5.52 Å². The Hall–Kier alpha value is -2.88. The molecule has 2 aromatic heterocycles. The van der Waals surface area contributed by atoms with E-state index in [1.807, 2.05) is 66.2 Å². The molecule has 0 saturated heterocycles. The van der Waals surface area contributed by atoms with Gasteiger partial charge in [-0.15, -0.1) is 5.10 Å². The van der Waals surface area contributed by atoms with E-state index < -0.39 is 0 Å². The molecule has 0 spiro atoms. The molecule has 4 aromatic rings. The molecule has 0 bridgehead atoms. The lowest BCUT2D eigenvalue weighted by atomic mass is 10.0. The lowest BCUT2D eigenvalue weighted by Crippen LogP contribution is -2.13. The highest BCUT2D eigenvalue weighted by atomic mass is 16.3. The predicted octanol–water partition coefficient (Wildman–Crippen LogP) is 3.97. The second-order valence-electron chi connectivity index (χ2n) is 5.28. The van der Waals surface area contributed by atoms with Gasteiger partial charge in [-0.2, -0.15) is 0 Å². The number of hydrogen-bond acceptors (Lipinski definition) is 3. The minimum Gasteiger partial charge on any atom is -0.464 e. The van der Waals surface area contributed by atoms with Crippen molar-refractivity contribution in [3.63, 3.8) is 0 Å². The second-order valence-corrected chi connectivity index (χ2v) is 5.28. The number of furan rings is 1. The van der Waals surface area contributed by atoms with Gasteiger partial charge in [-0.1, -0.05) is 47.7 Å². The molecule has 1 atom stereocenters. The third-order valence-electron chi connectivity index (χ3n) is 3.77. The molecular weight excluding hydrogens is 274 g/mol. The zero-order valence-electron chi connectivity index (χ0n) is 12.2. The van der Waals surface area contributed by atoms with Crippen molar-refractivity contribution in [3.8, 4) is 0 Å². The van der Waals surface area contributed by atoms with Gasteiger partial charge in [0.1, 0.15) is 23.1 Å². The van der Waals surface area contributed by atoms with E-state index in [0.717, 1.165) is 28.1 Å².